The molecule has 0 spiro atoms. The topological polar surface area (TPSA) is 110 Å². The molecule has 194 valence electrons. The van der Waals surface area contributed by atoms with E-state index in [4.69, 9.17) is 9.72 Å². The number of fused-ring (bicyclic) bond motifs is 6. The molecule has 0 atom stereocenters. The van der Waals surface area contributed by atoms with Crippen LogP contribution in [-0.4, -0.2) is 24.3 Å². The van der Waals surface area contributed by atoms with Crippen LogP contribution < -0.4 is 14.8 Å². The van der Waals surface area contributed by atoms with E-state index in [2.05, 4.69) is 34.9 Å². The van der Waals surface area contributed by atoms with Crippen molar-refractivity contribution in [2.45, 2.75) is 38.5 Å². The summed E-state index contributed by atoms with van der Waals surface area (Å²) in [5.74, 6) is 0.528. The quantitative estimate of drug-likeness (QED) is 0.333. The van der Waals surface area contributed by atoms with E-state index in [0.29, 0.717) is 35.0 Å². The molecular weight excluding hydrogens is 500 g/mol. The van der Waals surface area contributed by atoms with Gasteiger partial charge in [-0.3, -0.25) is 4.79 Å². The van der Waals surface area contributed by atoms with Gasteiger partial charge in [0.25, 0.3) is 15.9 Å². The van der Waals surface area contributed by atoms with E-state index < -0.39 is 15.9 Å². The molecule has 0 saturated carbocycles. The Morgan fingerprint density at radius 1 is 0.947 bits per heavy atom. The van der Waals surface area contributed by atoms with E-state index in [1.165, 1.54) is 12.1 Å². The number of nitrogens with zero attached hydrogens (tertiary/aromatic N) is 2. The van der Waals surface area contributed by atoms with Crippen LogP contribution >= 0.6 is 0 Å². The summed E-state index contributed by atoms with van der Waals surface area (Å²) in [7, 11) is -4.08. The molecule has 1 aliphatic rings. The Balaban J connectivity index is 1.76. The first-order valence-corrected chi connectivity index (χ1v) is 13.9. The van der Waals surface area contributed by atoms with Gasteiger partial charge in [-0.1, -0.05) is 57.2 Å². The van der Waals surface area contributed by atoms with Crippen molar-refractivity contribution in [2.75, 3.05) is 10.0 Å². The first-order valence-electron chi connectivity index (χ1n) is 12.4. The Morgan fingerprint density at radius 3 is 2.53 bits per heavy atom. The molecule has 8 nitrogen and oxygen atoms in total. The van der Waals surface area contributed by atoms with Gasteiger partial charge in [-0.05, 0) is 60.7 Å². The summed E-state index contributed by atoms with van der Waals surface area (Å²) in [5.41, 5.74) is 4.01. The minimum Gasteiger partial charge on any atom is -0.439 e. The second kappa shape index (κ2) is 10.3. The lowest BCUT2D eigenvalue weighted by molar-refractivity contribution is 0.102. The average molecular weight is 529 g/mol. The van der Waals surface area contributed by atoms with Gasteiger partial charge in [0.1, 0.15) is 5.75 Å². The van der Waals surface area contributed by atoms with Crippen LogP contribution in [0.1, 0.15) is 42.3 Å². The number of hydrogen-bond donors (Lipinski definition) is 2. The fourth-order valence-corrected chi connectivity index (χ4v) is 5.43. The van der Waals surface area contributed by atoms with Crippen LogP contribution in [0.2, 0.25) is 0 Å². The summed E-state index contributed by atoms with van der Waals surface area (Å²) in [6, 6.07) is 20.7. The van der Waals surface area contributed by atoms with Gasteiger partial charge in [0.05, 0.1) is 10.6 Å². The SMILES string of the molecule is CCc1c2nc(nc1-c1ccccc1CC(C)C)NS(=O)(=O)c1cccc(c1)NC(=O)c1cccc(c1)O2. The van der Waals surface area contributed by atoms with Gasteiger partial charge in [0.15, 0.2) is 0 Å². The van der Waals surface area contributed by atoms with Crippen LogP contribution in [-0.2, 0) is 22.9 Å². The van der Waals surface area contributed by atoms with Crippen LogP contribution in [0.25, 0.3) is 11.3 Å². The maximum absolute atomic E-state index is 13.4. The van der Waals surface area contributed by atoms with Crippen molar-refractivity contribution in [3.05, 3.63) is 89.5 Å². The molecule has 1 aromatic heterocycles. The van der Waals surface area contributed by atoms with Gasteiger partial charge >= 0.3 is 0 Å². The first-order chi connectivity index (χ1) is 18.2. The molecular formula is C29H28N4O4S. The lowest BCUT2D eigenvalue weighted by Gasteiger charge is -2.19. The zero-order valence-electron chi connectivity index (χ0n) is 21.4. The molecule has 1 amide bonds. The van der Waals surface area contributed by atoms with Crippen LogP contribution in [0.15, 0.2) is 77.7 Å². The van der Waals surface area contributed by atoms with Crippen molar-refractivity contribution >= 4 is 27.6 Å². The van der Waals surface area contributed by atoms with E-state index in [1.54, 1.807) is 36.4 Å². The predicted molar refractivity (Wildman–Crippen MR) is 147 cm³/mol. The molecule has 3 aromatic carbocycles. The summed E-state index contributed by atoms with van der Waals surface area (Å²) >= 11 is 0. The lowest BCUT2D eigenvalue weighted by Crippen LogP contribution is -2.18. The second-order valence-electron chi connectivity index (χ2n) is 9.51. The molecule has 9 heteroatoms. The summed E-state index contributed by atoms with van der Waals surface area (Å²) in [6.45, 7) is 6.26. The third kappa shape index (κ3) is 5.24. The summed E-state index contributed by atoms with van der Waals surface area (Å²) in [4.78, 5) is 22.1. The van der Waals surface area contributed by atoms with Crippen LogP contribution in [0.5, 0.6) is 11.6 Å². The highest BCUT2D eigenvalue weighted by Gasteiger charge is 2.23. The normalized spacial score (nSPS) is 14.2. The molecule has 5 rings (SSSR count). The van der Waals surface area contributed by atoms with E-state index >= 15 is 0 Å². The van der Waals surface area contributed by atoms with Gasteiger partial charge in [0, 0.05) is 22.4 Å². The number of nitrogens with one attached hydrogen (secondary N) is 2. The molecule has 2 N–H and O–H groups in total. The Bertz CT molecular complexity index is 1630. The number of carbonyl (C=O) groups excluding carboxylic acids is 1. The number of sulfonamides is 1. The number of aromatic nitrogens is 2. The van der Waals surface area contributed by atoms with Crippen molar-refractivity contribution in [3.63, 3.8) is 0 Å². The van der Waals surface area contributed by atoms with Gasteiger partial charge in [-0.25, -0.2) is 18.1 Å². The smallest absolute Gasteiger partial charge is 0.264 e. The van der Waals surface area contributed by atoms with Crippen molar-refractivity contribution < 1.29 is 17.9 Å². The first kappa shape index (κ1) is 25.4. The molecule has 0 fully saturated rings. The number of rotatable bonds is 4. The maximum atomic E-state index is 13.4. The minimum absolute atomic E-state index is 0.0338. The fraction of sp³-hybridized carbons (Fsp3) is 0.207. The molecule has 0 unspecified atom stereocenters. The molecule has 38 heavy (non-hydrogen) atoms. The van der Waals surface area contributed by atoms with Gasteiger partial charge in [-0.15, -0.1) is 0 Å². The largest absolute Gasteiger partial charge is 0.439 e. The van der Waals surface area contributed by atoms with E-state index in [-0.39, 0.29) is 16.7 Å². The zero-order chi connectivity index (χ0) is 26.9. The van der Waals surface area contributed by atoms with E-state index in [0.717, 1.165) is 23.1 Å². The van der Waals surface area contributed by atoms with E-state index in [9.17, 15) is 13.2 Å². The van der Waals surface area contributed by atoms with Crippen molar-refractivity contribution in [3.8, 4) is 22.9 Å². The minimum atomic E-state index is -4.08. The monoisotopic (exact) mass is 528 g/mol. The number of ether oxygens (including phenoxy) is 1. The Morgan fingerprint density at radius 2 is 1.74 bits per heavy atom. The highest BCUT2D eigenvalue weighted by molar-refractivity contribution is 7.92. The molecule has 0 radical (unpaired) electrons. The third-order valence-electron chi connectivity index (χ3n) is 6.16. The highest BCUT2D eigenvalue weighted by Crippen LogP contribution is 2.36. The Labute approximate surface area is 222 Å². The van der Waals surface area contributed by atoms with Gasteiger partial charge in [-0.2, -0.15) is 4.98 Å². The molecule has 1 aliphatic heterocycles. The van der Waals surface area contributed by atoms with Crippen LogP contribution in [0, 0.1) is 5.92 Å². The fourth-order valence-electron chi connectivity index (χ4n) is 4.44. The van der Waals surface area contributed by atoms with Crippen LogP contribution in [0.3, 0.4) is 0 Å². The molecule has 6 bridgehead atoms. The van der Waals surface area contributed by atoms with Gasteiger partial charge < -0.3 is 10.1 Å². The number of amides is 1. The Hall–Kier alpha value is -4.24. The Kier molecular flexibility index (Phi) is 6.86. The van der Waals surface area contributed by atoms with Crippen molar-refractivity contribution in [1.82, 2.24) is 9.97 Å². The molecule has 0 saturated heterocycles. The number of hydrogen-bond acceptors (Lipinski definition) is 6. The highest BCUT2D eigenvalue weighted by atomic mass is 32.2. The van der Waals surface area contributed by atoms with E-state index in [1.807, 2.05) is 25.1 Å². The van der Waals surface area contributed by atoms with Crippen molar-refractivity contribution in [2.24, 2.45) is 5.92 Å². The van der Waals surface area contributed by atoms with Crippen LogP contribution in [0.4, 0.5) is 11.6 Å². The number of anilines is 2. The standard InChI is InChI=1S/C29H28N4O4S/c1-4-24-26(25-14-6-5-9-19(25)15-18(2)3)31-29-32-28(24)37-22-12-7-10-20(16-22)27(34)30-21-11-8-13-23(17-21)38(35,36)33-29/h5-14,16-18H,4,15H2,1-3H3,(H,30,34)(H,31,32,33). The third-order valence-corrected chi connectivity index (χ3v) is 7.49. The van der Waals surface area contributed by atoms with Gasteiger partial charge in [0.2, 0.25) is 11.8 Å². The summed E-state index contributed by atoms with van der Waals surface area (Å²) in [6.07, 6.45) is 1.36. The molecule has 0 aliphatic carbocycles. The zero-order valence-corrected chi connectivity index (χ0v) is 22.2. The average Bonchev–Trinajstić information content (AvgIpc) is 2.88. The summed E-state index contributed by atoms with van der Waals surface area (Å²) < 4.78 is 35.4. The molecule has 4 aromatic rings. The number of carbonyl (C=O) groups is 1. The number of benzene rings is 3. The summed E-state index contributed by atoms with van der Waals surface area (Å²) in [5, 5.41) is 2.75. The lowest BCUT2D eigenvalue weighted by atomic mass is 9.94. The second-order valence-corrected chi connectivity index (χ2v) is 11.2. The maximum Gasteiger partial charge on any atom is 0.264 e. The van der Waals surface area contributed by atoms with Crippen molar-refractivity contribution in [1.29, 1.82) is 0 Å². The molecule has 2 heterocycles. The predicted octanol–water partition coefficient (Wildman–Crippen LogP) is 6.06.